The van der Waals surface area contributed by atoms with Crippen LogP contribution >= 0.6 is 0 Å². The van der Waals surface area contributed by atoms with Crippen molar-refractivity contribution < 1.29 is 14.7 Å². The summed E-state index contributed by atoms with van der Waals surface area (Å²) in [5, 5.41) is 10.8. The van der Waals surface area contributed by atoms with E-state index in [1.807, 2.05) is 14.1 Å². The molecule has 1 aliphatic rings. The first-order valence-corrected chi connectivity index (χ1v) is 4.91. The van der Waals surface area contributed by atoms with Gasteiger partial charge in [-0.1, -0.05) is 0 Å². The largest absolute Gasteiger partial charge is 0.480 e. The maximum absolute atomic E-state index is 11.5. The molecule has 1 aliphatic heterocycles. The normalized spacial score (nSPS) is 20.7. The van der Waals surface area contributed by atoms with E-state index in [2.05, 4.69) is 10.2 Å². The summed E-state index contributed by atoms with van der Waals surface area (Å²) >= 11 is 0. The van der Waals surface area contributed by atoms with Gasteiger partial charge in [0.15, 0.2) is 0 Å². The number of carbonyl (C=O) groups is 2. The van der Waals surface area contributed by atoms with E-state index in [-0.39, 0.29) is 12.6 Å². The monoisotopic (exact) mass is 215 g/mol. The number of likely N-dealkylation sites (tertiary alicyclic amines) is 1. The first-order valence-electron chi connectivity index (χ1n) is 4.91. The van der Waals surface area contributed by atoms with Crippen LogP contribution in [0.1, 0.15) is 6.42 Å². The second kappa shape index (κ2) is 4.97. The van der Waals surface area contributed by atoms with E-state index >= 15 is 0 Å². The number of nitrogens with zero attached hydrogens (tertiary/aromatic N) is 2. The summed E-state index contributed by atoms with van der Waals surface area (Å²) in [6, 6.07) is 0.0855. The highest BCUT2D eigenvalue weighted by atomic mass is 16.4. The molecule has 1 heterocycles. The van der Waals surface area contributed by atoms with Gasteiger partial charge in [0.05, 0.1) is 0 Å². The van der Waals surface area contributed by atoms with Crippen LogP contribution in [0.4, 0.5) is 4.79 Å². The van der Waals surface area contributed by atoms with Crippen molar-refractivity contribution in [3.8, 4) is 0 Å². The zero-order chi connectivity index (χ0) is 11.4. The molecule has 0 aliphatic carbocycles. The molecule has 0 aromatic heterocycles. The number of carboxylic acid groups (broad SMARTS) is 1. The molecule has 0 aromatic rings. The number of aliphatic carboxylic acids is 1. The quantitative estimate of drug-likeness (QED) is 0.660. The molecule has 0 saturated carbocycles. The van der Waals surface area contributed by atoms with Crippen molar-refractivity contribution in [3.63, 3.8) is 0 Å². The average molecular weight is 215 g/mol. The summed E-state index contributed by atoms with van der Waals surface area (Å²) in [5.74, 6) is -1.02. The molecule has 2 N–H and O–H groups in total. The highest BCUT2D eigenvalue weighted by Crippen LogP contribution is 2.12. The van der Waals surface area contributed by atoms with Gasteiger partial charge in [-0.15, -0.1) is 0 Å². The number of hydrogen-bond acceptors (Lipinski definition) is 3. The Morgan fingerprint density at radius 2 is 2.20 bits per heavy atom. The van der Waals surface area contributed by atoms with Crippen molar-refractivity contribution in [2.24, 2.45) is 0 Å². The Morgan fingerprint density at radius 3 is 2.67 bits per heavy atom. The molecule has 1 unspecified atom stereocenters. The minimum absolute atomic E-state index is 0.290. The van der Waals surface area contributed by atoms with Crippen LogP contribution in [-0.2, 0) is 4.79 Å². The topological polar surface area (TPSA) is 72.9 Å². The molecule has 6 heteroatoms. The summed E-state index contributed by atoms with van der Waals surface area (Å²) in [4.78, 5) is 25.4. The van der Waals surface area contributed by atoms with Gasteiger partial charge in [-0.2, -0.15) is 0 Å². The third-order valence-electron chi connectivity index (χ3n) is 2.57. The van der Waals surface area contributed by atoms with Crippen LogP contribution in [0, 0.1) is 0 Å². The summed E-state index contributed by atoms with van der Waals surface area (Å²) < 4.78 is 0. The van der Waals surface area contributed by atoms with E-state index in [0.717, 1.165) is 6.42 Å². The van der Waals surface area contributed by atoms with Crippen molar-refractivity contribution in [2.75, 3.05) is 33.7 Å². The van der Waals surface area contributed by atoms with Crippen molar-refractivity contribution in [3.05, 3.63) is 0 Å². The number of carboxylic acids is 1. The average Bonchev–Trinajstić information content (AvgIpc) is 2.62. The molecule has 0 bridgehead atoms. The van der Waals surface area contributed by atoms with Crippen molar-refractivity contribution >= 4 is 12.0 Å². The Labute approximate surface area is 88.8 Å². The van der Waals surface area contributed by atoms with Gasteiger partial charge < -0.3 is 20.2 Å². The van der Waals surface area contributed by atoms with Crippen LogP contribution in [0.2, 0.25) is 0 Å². The molecule has 1 fully saturated rings. The van der Waals surface area contributed by atoms with Crippen molar-refractivity contribution in [1.29, 1.82) is 0 Å². The SMILES string of the molecule is CN(C)C1CCN(C(=O)NCC(=O)O)C1. The summed E-state index contributed by atoms with van der Waals surface area (Å²) in [5.41, 5.74) is 0. The molecule has 1 saturated heterocycles. The van der Waals surface area contributed by atoms with E-state index in [1.165, 1.54) is 0 Å². The van der Waals surface area contributed by atoms with Crippen LogP contribution in [0.25, 0.3) is 0 Å². The first kappa shape index (κ1) is 11.8. The molecule has 2 amide bonds. The number of nitrogens with one attached hydrogen (secondary N) is 1. The highest BCUT2D eigenvalue weighted by molar-refractivity contribution is 5.80. The third kappa shape index (κ3) is 3.39. The minimum Gasteiger partial charge on any atom is -0.480 e. The summed E-state index contributed by atoms with van der Waals surface area (Å²) in [6.45, 7) is 1.04. The van der Waals surface area contributed by atoms with E-state index in [1.54, 1.807) is 4.90 Å². The van der Waals surface area contributed by atoms with Crippen LogP contribution in [0.5, 0.6) is 0 Å². The van der Waals surface area contributed by atoms with Crippen LogP contribution in [0.15, 0.2) is 0 Å². The lowest BCUT2D eigenvalue weighted by Crippen LogP contribution is -2.42. The highest BCUT2D eigenvalue weighted by Gasteiger charge is 2.27. The van der Waals surface area contributed by atoms with E-state index in [4.69, 9.17) is 5.11 Å². The second-order valence-corrected chi connectivity index (χ2v) is 3.90. The van der Waals surface area contributed by atoms with Crippen LogP contribution < -0.4 is 5.32 Å². The Balaban J connectivity index is 2.33. The Kier molecular flexibility index (Phi) is 3.90. The summed E-state index contributed by atoms with van der Waals surface area (Å²) in [6.07, 6.45) is 0.938. The zero-order valence-corrected chi connectivity index (χ0v) is 9.06. The molecule has 6 nitrogen and oxygen atoms in total. The molecule has 1 rings (SSSR count). The molecule has 1 atom stereocenters. The molecule has 15 heavy (non-hydrogen) atoms. The van der Waals surface area contributed by atoms with Gasteiger partial charge in [0.25, 0.3) is 0 Å². The fourth-order valence-corrected chi connectivity index (χ4v) is 1.61. The Bertz CT molecular complexity index is 255. The zero-order valence-electron chi connectivity index (χ0n) is 9.06. The first-order chi connectivity index (χ1) is 7.00. The number of urea groups is 1. The van der Waals surface area contributed by atoms with E-state index in [9.17, 15) is 9.59 Å². The molecule has 0 spiro atoms. The van der Waals surface area contributed by atoms with Gasteiger partial charge >= 0.3 is 12.0 Å². The van der Waals surface area contributed by atoms with Gasteiger partial charge in [-0.3, -0.25) is 4.79 Å². The van der Waals surface area contributed by atoms with E-state index < -0.39 is 5.97 Å². The lowest BCUT2D eigenvalue weighted by atomic mass is 10.2. The van der Waals surface area contributed by atoms with Crippen LogP contribution in [0.3, 0.4) is 0 Å². The molecule has 86 valence electrons. The van der Waals surface area contributed by atoms with Gasteiger partial charge in [0, 0.05) is 19.1 Å². The number of rotatable bonds is 3. The van der Waals surface area contributed by atoms with E-state index in [0.29, 0.717) is 19.1 Å². The molecular weight excluding hydrogens is 198 g/mol. The van der Waals surface area contributed by atoms with Gasteiger partial charge in [-0.05, 0) is 20.5 Å². The predicted octanol–water partition coefficient (Wildman–Crippen LogP) is -0.583. The third-order valence-corrected chi connectivity index (χ3v) is 2.57. The lowest BCUT2D eigenvalue weighted by molar-refractivity contribution is -0.135. The van der Waals surface area contributed by atoms with Crippen molar-refractivity contribution in [1.82, 2.24) is 15.1 Å². The fourth-order valence-electron chi connectivity index (χ4n) is 1.61. The van der Waals surface area contributed by atoms with Crippen LogP contribution in [-0.4, -0.2) is 66.7 Å². The standard InChI is InChI=1S/C9H17N3O3/c1-11(2)7-3-4-12(6-7)9(15)10-5-8(13)14/h7H,3-6H2,1-2H3,(H,10,15)(H,13,14). The predicted molar refractivity (Wildman–Crippen MR) is 54.7 cm³/mol. The Hall–Kier alpha value is -1.30. The summed E-state index contributed by atoms with van der Waals surface area (Å²) in [7, 11) is 3.95. The number of likely N-dealkylation sites (N-methyl/N-ethyl adjacent to an activating group) is 1. The van der Waals surface area contributed by atoms with Gasteiger partial charge in [0.1, 0.15) is 6.54 Å². The maximum Gasteiger partial charge on any atom is 0.323 e. The minimum atomic E-state index is -1.02. The Morgan fingerprint density at radius 1 is 1.53 bits per heavy atom. The molecular formula is C9H17N3O3. The fraction of sp³-hybridized carbons (Fsp3) is 0.778. The molecule has 0 radical (unpaired) electrons. The van der Waals surface area contributed by atoms with Gasteiger partial charge in [-0.25, -0.2) is 4.79 Å². The number of amides is 2. The van der Waals surface area contributed by atoms with Gasteiger partial charge in [0.2, 0.25) is 0 Å². The lowest BCUT2D eigenvalue weighted by Gasteiger charge is -2.20. The van der Waals surface area contributed by atoms with Crippen molar-refractivity contribution in [2.45, 2.75) is 12.5 Å². The molecule has 0 aromatic carbocycles. The maximum atomic E-state index is 11.5. The number of hydrogen-bond donors (Lipinski definition) is 2. The second-order valence-electron chi connectivity index (χ2n) is 3.90. The smallest absolute Gasteiger partial charge is 0.323 e. The number of carbonyl (C=O) groups excluding carboxylic acids is 1.